The summed E-state index contributed by atoms with van der Waals surface area (Å²) < 4.78 is 1.50. The van der Waals surface area contributed by atoms with Crippen LogP contribution in [0.15, 0.2) is 24.5 Å². The average Bonchev–Trinajstić information content (AvgIpc) is 2.99. The molecule has 0 radical (unpaired) electrons. The van der Waals surface area contributed by atoms with E-state index in [0.717, 1.165) is 0 Å². The number of nitrogens with one attached hydrogen (secondary N) is 1. The molecule has 2 heterocycles. The topological polar surface area (TPSA) is 75.9 Å². The largest absolute Gasteiger partial charge is 0.336 e. The minimum absolute atomic E-state index is 0.0477. The molecule has 2 atom stereocenters. The number of piperazine rings is 1. The maximum atomic E-state index is 12.7. The highest BCUT2D eigenvalue weighted by molar-refractivity contribution is 6.34. The first-order valence-corrected chi connectivity index (χ1v) is 7.50. The number of nitrogens with zero attached hydrogens (tertiary/aromatic N) is 5. The molecule has 1 N–H and O–H groups in total. The summed E-state index contributed by atoms with van der Waals surface area (Å²) in [5, 5.41) is 14.8. The van der Waals surface area contributed by atoms with E-state index in [1.165, 1.54) is 11.0 Å². The Morgan fingerprint density at radius 1 is 1.32 bits per heavy atom. The van der Waals surface area contributed by atoms with E-state index in [1.54, 1.807) is 18.2 Å². The summed E-state index contributed by atoms with van der Waals surface area (Å²) in [6, 6.07) is 5.74. The summed E-state index contributed by atoms with van der Waals surface area (Å²) in [6.07, 6.45) is 1.48. The molecular weight excluding hydrogens is 304 g/mol. The van der Waals surface area contributed by atoms with Crippen LogP contribution in [0, 0.1) is 0 Å². The number of aromatic nitrogens is 4. The Morgan fingerprint density at radius 3 is 2.64 bits per heavy atom. The van der Waals surface area contributed by atoms with Crippen LogP contribution in [0.3, 0.4) is 0 Å². The summed E-state index contributed by atoms with van der Waals surface area (Å²) in [4.78, 5) is 14.5. The van der Waals surface area contributed by atoms with Crippen molar-refractivity contribution in [3.63, 3.8) is 0 Å². The van der Waals surface area contributed by atoms with Gasteiger partial charge in [0.1, 0.15) is 6.33 Å². The van der Waals surface area contributed by atoms with Crippen LogP contribution in [0.1, 0.15) is 24.2 Å². The third kappa shape index (κ3) is 2.95. The highest BCUT2D eigenvalue weighted by Gasteiger charge is 2.26. The zero-order chi connectivity index (χ0) is 15.7. The lowest BCUT2D eigenvalue weighted by molar-refractivity contribution is 0.0674. The van der Waals surface area contributed by atoms with Gasteiger partial charge in [0.05, 0.1) is 16.3 Å². The van der Waals surface area contributed by atoms with Crippen molar-refractivity contribution in [3.8, 4) is 5.69 Å². The monoisotopic (exact) mass is 320 g/mol. The average molecular weight is 321 g/mol. The van der Waals surface area contributed by atoms with E-state index < -0.39 is 0 Å². The zero-order valence-electron chi connectivity index (χ0n) is 12.4. The Balaban J connectivity index is 1.84. The summed E-state index contributed by atoms with van der Waals surface area (Å²) in [5.74, 6) is -0.0477. The van der Waals surface area contributed by atoms with Crippen LogP contribution in [-0.2, 0) is 0 Å². The first kappa shape index (κ1) is 14.9. The second kappa shape index (κ2) is 6.02. The predicted octanol–water partition coefficient (Wildman–Crippen LogP) is 1.14. The van der Waals surface area contributed by atoms with Gasteiger partial charge in [0.2, 0.25) is 0 Å². The smallest absolute Gasteiger partial charge is 0.255 e. The number of amides is 1. The third-order valence-corrected chi connectivity index (χ3v) is 3.95. The van der Waals surface area contributed by atoms with Gasteiger partial charge < -0.3 is 10.2 Å². The van der Waals surface area contributed by atoms with Crippen LogP contribution in [0.2, 0.25) is 5.02 Å². The Morgan fingerprint density at radius 2 is 2.05 bits per heavy atom. The lowest BCUT2D eigenvalue weighted by Gasteiger charge is -2.36. The molecule has 0 aliphatic carbocycles. The highest BCUT2D eigenvalue weighted by Crippen LogP contribution is 2.22. The van der Waals surface area contributed by atoms with Crippen molar-refractivity contribution in [2.24, 2.45) is 0 Å². The van der Waals surface area contributed by atoms with Crippen molar-refractivity contribution in [1.29, 1.82) is 0 Å². The van der Waals surface area contributed by atoms with Crippen LogP contribution in [0.25, 0.3) is 5.69 Å². The molecule has 1 aromatic heterocycles. The van der Waals surface area contributed by atoms with Gasteiger partial charge in [-0.1, -0.05) is 11.6 Å². The molecule has 0 bridgehead atoms. The molecule has 1 aromatic carbocycles. The van der Waals surface area contributed by atoms with Gasteiger partial charge in [0.15, 0.2) is 0 Å². The number of tetrazole rings is 1. The van der Waals surface area contributed by atoms with Gasteiger partial charge in [-0.05, 0) is 42.5 Å². The third-order valence-electron chi connectivity index (χ3n) is 3.64. The molecule has 7 nitrogen and oxygen atoms in total. The van der Waals surface area contributed by atoms with Crippen LogP contribution < -0.4 is 5.32 Å². The van der Waals surface area contributed by atoms with E-state index in [-0.39, 0.29) is 18.0 Å². The van der Waals surface area contributed by atoms with E-state index >= 15 is 0 Å². The van der Waals surface area contributed by atoms with Crippen molar-refractivity contribution in [3.05, 3.63) is 35.1 Å². The van der Waals surface area contributed by atoms with E-state index in [2.05, 4.69) is 34.7 Å². The van der Waals surface area contributed by atoms with Crippen LogP contribution in [-0.4, -0.2) is 56.2 Å². The molecular formula is C14H17ClN6O. The summed E-state index contributed by atoms with van der Waals surface area (Å²) in [7, 11) is 0. The summed E-state index contributed by atoms with van der Waals surface area (Å²) >= 11 is 6.29. The standard InChI is InChI=1S/C14H17ClN6O/c1-9-6-20(7-10(2)17-9)14(22)12-4-3-11(5-13(12)15)21-8-16-18-19-21/h3-5,8-10,17H,6-7H2,1-2H3/t9-,10-/m1/s1. The van der Waals surface area contributed by atoms with E-state index in [1.807, 2.05) is 4.90 Å². The Labute approximate surface area is 133 Å². The number of hydrogen-bond donors (Lipinski definition) is 1. The first-order valence-electron chi connectivity index (χ1n) is 7.13. The van der Waals surface area contributed by atoms with Crippen molar-refractivity contribution in [1.82, 2.24) is 30.4 Å². The van der Waals surface area contributed by atoms with Crippen molar-refractivity contribution < 1.29 is 4.79 Å². The quantitative estimate of drug-likeness (QED) is 0.898. The van der Waals surface area contributed by atoms with Crippen LogP contribution >= 0.6 is 11.6 Å². The second-order valence-corrected chi connectivity index (χ2v) is 6.00. The Kier molecular flexibility index (Phi) is 4.08. The normalized spacial score (nSPS) is 21.9. The number of carbonyl (C=O) groups is 1. The van der Waals surface area contributed by atoms with Gasteiger partial charge in [0, 0.05) is 25.2 Å². The van der Waals surface area contributed by atoms with Crippen LogP contribution in [0.4, 0.5) is 0 Å². The number of carbonyl (C=O) groups excluding carboxylic acids is 1. The van der Waals surface area contributed by atoms with Gasteiger partial charge in [0.25, 0.3) is 5.91 Å². The molecule has 2 aromatic rings. The molecule has 0 spiro atoms. The molecule has 3 rings (SSSR count). The maximum Gasteiger partial charge on any atom is 0.255 e. The fourth-order valence-electron chi connectivity index (χ4n) is 2.76. The van der Waals surface area contributed by atoms with Crippen molar-refractivity contribution in [2.45, 2.75) is 25.9 Å². The molecule has 1 aliphatic heterocycles. The van der Waals surface area contributed by atoms with Gasteiger partial charge >= 0.3 is 0 Å². The van der Waals surface area contributed by atoms with E-state index in [0.29, 0.717) is 29.4 Å². The van der Waals surface area contributed by atoms with Gasteiger partial charge in [-0.2, -0.15) is 0 Å². The number of hydrogen-bond acceptors (Lipinski definition) is 5. The molecule has 116 valence electrons. The molecule has 1 fully saturated rings. The number of benzene rings is 1. The van der Waals surface area contributed by atoms with Gasteiger partial charge in [-0.3, -0.25) is 4.79 Å². The minimum Gasteiger partial charge on any atom is -0.336 e. The zero-order valence-corrected chi connectivity index (χ0v) is 13.2. The Hall–Kier alpha value is -1.99. The lowest BCUT2D eigenvalue weighted by atomic mass is 10.1. The van der Waals surface area contributed by atoms with Crippen LogP contribution in [0.5, 0.6) is 0 Å². The molecule has 0 unspecified atom stereocenters. The highest BCUT2D eigenvalue weighted by atomic mass is 35.5. The summed E-state index contributed by atoms with van der Waals surface area (Å²) in [6.45, 7) is 5.49. The second-order valence-electron chi connectivity index (χ2n) is 5.60. The molecule has 1 saturated heterocycles. The minimum atomic E-state index is -0.0477. The van der Waals surface area contributed by atoms with Gasteiger partial charge in [-0.15, -0.1) is 5.10 Å². The van der Waals surface area contributed by atoms with Crippen molar-refractivity contribution >= 4 is 17.5 Å². The fraction of sp³-hybridized carbons (Fsp3) is 0.429. The molecule has 1 amide bonds. The molecule has 1 aliphatic rings. The molecule has 8 heteroatoms. The van der Waals surface area contributed by atoms with E-state index in [9.17, 15) is 4.79 Å². The SMILES string of the molecule is C[C@@H]1CN(C(=O)c2ccc(-n3cnnn3)cc2Cl)C[C@@H](C)N1. The predicted molar refractivity (Wildman–Crippen MR) is 82.1 cm³/mol. The molecule has 22 heavy (non-hydrogen) atoms. The van der Waals surface area contributed by atoms with E-state index in [4.69, 9.17) is 11.6 Å². The maximum absolute atomic E-state index is 12.7. The number of halogens is 1. The fourth-order valence-corrected chi connectivity index (χ4v) is 3.02. The first-order chi connectivity index (χ1) is 10.5. The lowest BCUT2D eigenvalue weighted by Crippen LogP contribution is -2.55. The Bertz CT molecular complexity index is 664. The number of rotatable bonds is 2. The van der Waals surface area contributed by atoms with Crippen molar-refractivity contribution in [2.75, 3.05) is 13.1 Å². The summed E-state index contributed by atoms with van der Waals surface area (Å²) in [5.41, 5.74) is 1.22. The van der Waals surface area contributed by atoms with Gasteiger partial charge in [-0.25, -0.2) is 4.68 Å². The molecule has 0 saturated carbocycles.